The van der Waals surface area contributed by atoms with Gasteiger partial charge in [0, 0.05) is 19.6 Å². The highest BCUT2D eigenvalue weighted by Crippen LogP contribution is 2.21. The van der Waals surface area contributed by atoms with Gasteiger partial charge >= 0.3 is 12.1 Å². The average Bonchev–Trinajstić information content (AvgIpc) is 3.03. The Morgan fingerprint density at radius 3 is 2.56 bits per heavy atom. The molecule has 1 N–H and O–H groups in total. The number of carbonyl (C=O) groups is 2. The molecule has 0 saturated carbocycles. The second-order valence-corrected chi connectivity index (χ2v) is 7.36. The zero-order chi connectivity index (χ0) is 18.4. The molecule has 0 spiro atoms. The van der Waals surface area contributed by atoms with Gasteiger partial charge in [-0.3, -0.25) is 0 Å². The van der Waals surface area contributed by atoms with Gasteiger partial charge in [-0.05, 0) is 38.7 Å². The highest BCUT2D eigenvalue weighted by Gasteiger charge is 2.31. The van der Waals surface area contributed by atoms with Crippen molar-refractivity contribution in [3.05, 3.63) is 35.9 Å². The molecule has 0 aliphatic carbocycles. The van der Waals surface area contributed by atoms with Gasteiger partial charge in [0.05, 0.1) is 7.11 Å². The second-order valence-electron chi connectivity index (χ2n) is 7.36. The third kappa shape index (κ3) is 5.74. The summed E-state index contributed by atoms with van der Waals surface area (Å²) in [5.74, 6) is -0.0309. The summed E-state index contributed by atoms with van der Waals surface area (Å²) < 4.78 is 10.3. The number of ether oxygens (including phenoxy) is 2. The molecule has 6 heteroatoms. The smallest absolute Gasteiger partial charge is 0.410 e. The molecule has 0 radical (unpaired) electrons. The van der Waals surface area contributed by atoms with Crippen molar-refractivity contribution in [3.8, 4) is 0 Å². The number of nitrogens with one attached hydrogen (secondary N) is 1. The highest BCUT2D eigenvalue weighted by atomic mass is 16.6. The molecule has 0 aromatic heterocycles. The van der Waals surface area contributed by atoms with Gasteiger partial charge in [0.15, 0.2) is 0 Å². The van der Waals surface area contributed by atoms with Gasteiger partial charge in [0.1, 0.15) is 11.6 Å². The summed E-state index contributed by atoms with van der Waals surface area (Å²) in [5.41, 5.74) is 0.382. The van der Waals surface area contributed by atoms with Crippen LogP contribution in [0.2, 0.25) is 0 Å². The lowest BCUT2D eigenvalue weighted by atomic mass is 10.0. The summed E-state index contributed by atoms with van der Waals surface area (Å²) in [4.78, 5) is 25.9. The third-order valence-electron chi connectivity index (χ3n) is 4.12. The predicted octanol–water partition coefficient (Wildman–Crippen LogP) is 2.75. The van der Waals surface area contributed by atoms with Crippen LogP contribution in [0.15, 0.2) is 30.3 Å². The number of benzene rings is 1. The van der Waals surface area contributed by atoms with Crippen molar-refractivity contribution in [3.63, 3.8) is 0 Å². The van der Waals surface area contributed by atoms with Crippen LogP contribution in [-0.2, 0) is 14.3 Å². The van der Waals surface area contributed by atoms with Crippen LogP contribution < -0.4 is 5.32 Å². The lowest BCUT2D eigenvalue weighted by molar-refractivity contribution is -0.143. The molecule has 1 aromatic carbocycles. The maximum atomic E-state index is 12.1. The third-order valence-corrected chi connectivity index (χ3v) is 4.12. The number of hydrogen-bond donors (Lipinski definition) is 1. The van der Waals surface area contributed by atoms with Crippen molar-refractivity contribution in [1.29, 1.82) is 0 Å². The van der Waals surface area contributed by atoms with Gasteiger partial charge in [-0.25, -0.2) is 9.59 Å². The van der Waals surface area contributed by atoms with E-state index < -0.39 is 11.6 Å². The van der Waals surface area contributed by atoms with E-state index in [-0.39, 0.29) is 18.0 Å². The number of amides is 1. The number of rotatable bonds is 5. The van der Waals surface area contributed by atoms with Crippen molar-refractivity contribution in [1.82, 2.24) is 10.2 Å². The first-order valence-electron chi connectivity index (χ1n) is 8.64. The van der Waals surface area contributed by atoms with Crippen molar-refractivity contribution in [2.24, 2.45) is 5.92 Å². The van der Waals surface area contributed by atoms with Crippen LogP contribution in [-0.4, -0.2) is 49.3 Å². The van der Waals surface area contributed by atoms with Crippen molar-refractivity contribution in [2.45, 2.75) is 38.8 Å². The van der Waals surface area contributed by atoms with Crippen molar-refractivity contribution >= 4 is 12.1 Å². The van der Waals surface area contributed by atoms with E-state index in [1.165, 1.54) is 7.11 Å². The van der Waals surface area contributed by atoms with E-state index in [4.69, 9.17) is 9.47 Å². The molecule has 0 bridgehead atoms. The first kappa shape index (κ1) is 19.2. The maximum absolute atomic E-state index is 12.1. The Bertz CT molecular complexity index is 583. The van der Waals surface area contributed by atoms with E-state index in [1.807, 2.05) is 51.1 Å². The fourth-order valence-corrected chi connectivity index (χ4v) is 2.88. The van der Waals surface area contributed by atoms with Crippen LogP contribution in [0.5, 0.6) is 0 Å². The number of methoxy groups -OCH3 is 1. The summed E-state index contributed by atoms with van der Waals surface area (Å²) in [7, 11) is 1.39. The van der Waals surface area contributed by atoms with E-state index >= 15 is 0 Å². The maximum Gasteiger partial charge on any atom is 0.410 e. The Hall–Kier alpha value is -2.08. The zero-order valence-electron chi connectivity index (χ0n) is 15.5. The van der Waals surface area contributed by atoms with Crippen LogP contribution >= 0.6 is 0 Å². The van der Waals surface area contributed by atoms with Crippen molar-refractivity contribution < 1.29 is 19.1 Å². The molecule has 138 valence electrons. The van der Waals surface area contributed by atoms with Crippen LogP contribution in [0.3, 0.4) is 0 Å². The SMILES string of the molecule is COC(=O)[C@H](NCC1CCN(C(=O)OC(C)(C)C)C1)c1ccccc1. The zero-order valence-corrected chi connectivity index (χ0v) is 15.5. The summed E-state index contributed by atoms with van der Waals surface area (Å²) in [5, 5.41) is 3.28. The quantitative estimate of drug-likeness (QED) is 0.829. The largest absolute Gasteiger partial charge is 0.468 e. The van der Waals surface area contributed by atoms with Gasteiger partial charge < -0.3 is 19.7 Å². The minimum atomic E-state index is -0.498. The number of nitrogens with zero attached hydrogens (tertiary/aromatic N) is 1. The number of likely N-dealkylation sites (tertiary alicyclic amines) is 1. The fourth-order valence-electron chi connectivity index (χ4n) is 2.88. The molecule has 1 aliphatic rings. The van der Waals surface area contributed by atoms with E-state index in [0.717, 1.165) is 12.0 Å². The molecule has 1 fully saturated rings. The second kappa shape index (κ2) is 8.34. The minimum absolute atomic E-state index is 0.275. The topological polar surface area (TPSA) is 67.9 Å². The van der Waals surface area contributed by atoms with Crippen LogP contribution in [0, 0.1) is 5.92 Å². The first-order valence-corrected chi connectivity index (χ1v) is 8.64. The van der Waals surface area contributed by atoms with Gasteiger partial charge in [-0.1, -0.05) is 30.3 Å². The monoisotopic (exact) mass is 348 g/mol. The van der Waals surface area contributed by atoms with Gasteiger partial charge in [0.2, 0.25) is 0 Å². The van der Waals surface area contributed by atoms with Gasteiger partial charge in [-0.15, -0.1) is 0 Å². The predicted molar refractivity (Wildman–Crippen MR) is 95.1 cm³/mol. The Morgan fingerprint density at radius 2 is 1.96 bits per heavy atom. The van der Waals surface area contributed by atoms with E-state index in [1.54, 1.807) is 4.90 Å². The number of carbonyl (C=O) groups excluding carboxylic acids is 2. The van der Waals surface area contributed by atoms with Crippen molar-refractivity contribution in [2.75, 3.05) is 26.7 Å². The Kier molecular flexibility index (Phi) is 6.42. The molecule has 6 nitrogen and oxygen atoms in total. The summed E-state index contributed by atoms with van der Waals surface area (Å²) >= 11 is 0. The average molecular weight is 348 g/mol. The molecule has 25 heavy (non-hydrogen) atoms. The van der Waals surface area contributed by atoms with E-state index in [2.05, 4.69) is 5.32 Å². The molecule has 1 aliphatic heterocycles. The minimum Gasteiger partial charge on any atom is -0.468 e. The molecule has 2 rings (SSSR count). The molecule has 1 amide bonds. The fraction of sp³-hybridized carbons (Fsp3) is 0.579. The standard InChI is InChI=1S/C19H28N2O4/c1-19(2,3)25-18(23)21-11-10-14(13-21)12-20-16(17(22)24-4)15-8-6-5-7-9-15/h5-9,14,16,20H,10-13H2,1-4H3/t14?,16-/m1/s1. The molecule has 1 saturated heterocycles. The Labute approximate surface area is 149 Å². The summed E-state index contributed by atoms with van der Waals surface area (Å²) in [6.45, 7) is 7.52. The Morgan fingerprint density at radius 1 is 1.28 bits per heavy atom. The molecule has 2 atom stereocenters. The summed E-state index contributed by atoms with van der Waals surface area (Å²) in [6, 6.07) is 9.00. The lowest BCUT2D eigenvalue weighted by Crippen LogP contribution is -2.37. The lowest BCUT2D eigenvalue weighted by Gasteiger charge is -2.24. The molecule has 1 heterocycles. The molecular weight excluding hydrogens is 320 g/mol. The molecular formula is C19H28N2O4. The summed E-state index contributed by atoms with van der Waals surface area (Å²) in [6.07, 6.45) is 0.608. The molecule has 1 unspecified atom stereocenters. The van der Waals surface area contributed by atoms with Crippen LogP contribution in [0.25, 0.3) is 0 Å². The Balaban J connectivity index is 1.89. The van der Waals surface area contributed by atoms with Gasteiger partial charge in [0.25, 0.3) is 0 Å². The van der Waals surface area contributed by atoms with Crippen LogP contribution in [0.1, 0.15) is 38.8 Å². The number of esters is 1. The highest BCUT2D eigenvalue weighted by molar-refractivity contribution is 5.77. The first-order chi connectivity index (χ1) is 11.8. The van der Waals surface area contributed by atoms with Gasteiger partial charge in [-0.2, -0.15) is 0 Å². The normalized spacial score (nSPS) is 18.7. The number of hydrogen-bond acceptors (Lipinski definition) is 5. The van der Waals surface area contributed by atoms with E-state index in [0.29, 0.717) is 19.6 Å². The van der Waals surface area contributed by atoms with E-state index in [9.17, 15) is 9.59 Å². The van der Waals surface area contributed by atoms with Crippen LogP contribution in [0.4, 0.5) is 4.79 Å². The molecule has 1 aromatic rings.